The van der Waals surface area contributed by atoms with Crippen LogP contribution in [0.1, 0.15) is 10.4 Å². The molecule has 19 heavy (non-hydrogen) atoms. The number of carboxylic acid groups (broad SMARTS) is 1. The topological polar surface area (TPSA) is 67.5 Å². The standard InChI is InChI=1S/C11H5Cl2N3O2S/c12-7-3-6(9(13)19-7)10-15-14-8-2-1-5(11(17)18)4-16(8)10/h1-4H,(H,17,18). The molecular weight excluding hydrogens is 309 g/mol. The van der Waals surface area contributed by atoms with Crippen LogP contribution in [-0.4, -0.2) is 25.7 Å². The molecule has 8 heteroatoms. The molecule has 0 saturated carbocycles. The van der Waals surface area contributed by atoms with E-state index in [1.807, 2.05) is 0 Å². The van der Waals surface area contributed by atoms with Crippen LogP contribution >= 0.6 is 34.5 Å². The van der Waals surface area contributed by atoms with Crippen LogP contribution in [0.25, 0.3) is 17.0 Å². The van der Waals surface area contributed by atoms with E-state index in [1.54, 1.807) is 16.5 Å². The lowest BCUT2D eigenvalue weighted by Gasteiger charge is -1.99. The van der Waals surface area contributed by atoms with Gasteiger partial charge in [0, 0.05) is 6.20 Å². The lowest BCUT2D eigenvalue weighted by molar-refractivity contribution is 0.0696. The highest BCUT2D eigenvalue weighted by molar-refractivity contribution is 7.20. The van der Waals surface area contributed by atoms with Crippen LogP contribution in [0.5, 0.6) is 0 Å². The number of aromatic carboxylic acids is 1. The highest BCUT2D eigenvalue weighted by Gasteiger charge is 2.15. The molecule has 0 bridgehead atoms. The molecule has 1 N–H and O–H groups in total. The van der Waals surface area contributed by atoms with Gasteiger partial charge in [-0.15, -0.1) is 21.5 Å². The molecular formula is C11H5Cl2N3O2S. The van der Waals surface area contributed by atoms with Gasteiger partial charge in [-0.2, -0.15) is 0 Å². The highest BCUT2D eigenvalue weighted by atomic mass is 35.5. The minimum Gasteiger partial charge on any atom is -0.478 e. The maximum absolute atomic E-state index is 11.0. The SMILES string of the molecule is O=C(O)c1ccc2nnc(-c3cc(Cl)sc3Cl)n2c1. The lowest BCUT2D eigenvalue weighted by atomic mass is 10.2. The molecule has 0 aromatic carbocycles. The van der Waals surface area contributed by atoms with Gasteiger partial charge >= 0.3 is 5.97 Å². The van der Waals surface area contributed by atoms with Gasteiger partial charge in [0.25, 0.3) is 0 Å². The fraction of sp³-hybridized carbons (Fsp3) is 0. The average molecular weight is 314 g/mol. The van der Waals surface area contributed by atoms with E-state index < -0.39 is 5.97 Å². The number of thiophene rings is 1. The van der Waals surface area contributed by atoms with Crippen LogP contribution in [0.2, 0.25) is 8.67 Å². The Morgan fingerprint density at radius 3 is 2.74 bits per heavy atom. The van der Waals surface area contributed by atoms with E-state index in [0.29, 0.717) is 25.7 Å². The minimum atomic E-state index is -1.02. The molecule has 5 nitrogen and oxygen atoms in total. The molecule has 0 unspecified atom stereocenters. The van der Waals surface area contributed by atoms with Crippen molar-refractivity contribution in [2.75, 3.05) is 0 Å². The van der Waals surface area contributed by atoms with Crippen LogP contribution in [0.3, 0.4) is 0 Å². The summed E-state index contributed by atoms with van der Waals surface area (Å²) in [6, 6.07) is 4.73. The van der Waals surface area contributed by atoms with Gasteiger partial charge in [0.1, 0.15) is 4.34 Å². The van der Waals surface area contributed by atoms with Gasteiger partial charge in [-0.3, -0.25) is 4.40 Å². The van der Waals surface area contributed by atoms with Gasteiger partial charge < -0.3 is 5.11 Å². The summed E-state index contributed by atoms with van der Waals surface area (Å²) in [5.74, 6) is -0.553. The molecule has 0 amide bonds. The first-order chi connectivity index (χ1) is 9.06. The third-order valence-corrected chi connectivity index (χ3v) is 4.03. The van der Waals surface area contributed by atoms with Crippen molar-refractivity contribution in [2.45, 2.75) is 0 Å². The van der Waals surface area contributed by atoms with Gasteiger partial charge in [0.05, 0.1) is 15.5 Å². The summed E-state index contributed by atoms with van der Waals surface area (Å²) in [7, 11) is 0. The fourth-order valence-electron chi connectivity index (χ4n) is 1.69. The molecule has 0 atom stereocenters. The average Bonchev–Trinajstić information content (AvgIpc) is 2.91. The van der Waals surface area contributed by atoms with E-state index in [4.69, 9.17) is 28.3 Å². The van der Waals surface area contributed by atoms with Crippen molar-refractivity contribution < 1.29 is 9.90 Å². The second-order valence-corrected chi connectivity index (χ2v) is 6.00. The third-order valence-electron chi connectivity index (χ3n) is 2.55. The number of aromatic nitrogens is 3. The van der Waals surface area contributed by atoms with Gasteiger partial charge in [0.2, 0.25) is 0 Å². The first kappa shape index (κ1) is 12.4. The third kappa shape index (κ3) is 2.07. The number of carboxylic acids is 1. The van der Waals surface area contributed by atoms with Crippen molar-refractivity contribution in [3.63, 3.8) is 0 Å². The monoisotopic (exact) mass is 313 g/mol. The number of carbonyl (C=O) groups is 1. The van der Waals surface area contributed by atoms with E-state index in [-0.39, 0.29) is 5.56 Å². The number of nitrogens with zero attached hydrogens (tertiary/aromatic N) is 3. The maximum Gasteiger partial charge on any atom is 0.337 e. The Hall–Kier alpha value is -1.63. The summed E-state index contributed by atoms with van der Waals surface area (Å²) in [5.41, 5.74) is 1.32. The number of rotatable bonds is 2. The molecule has 0 saturated heterocycles. The summed E-state index contributed by atoms with van der Waals surface area (Å²) >= 11 is 13.2. The molecule has 0 fully saturated rings. The van der Waals surface area contributed by atoms with Gasteiger partial charge in [0.15, 0.2) is 11.5 Å². The van der Waals surface area contributed by atoms with E-state index >= 15 is 0 Å². The van der Waals surface area contributed by atoms with Crippen molar-refractivity contribution in [2.24, 2.45) is 0 Å². The Bertz CT molecular complexity index is 796. The fourth-order valence-corrected chi connectivity index (χ4v) is 3.15. The number of hydrogen-bond acceptors (Lipinski definition) is 4. The van der Waals surface area contributed by atoms with Crippen LogP contribution in [0.15, 0.2) is 24.4 Å². The van der Waals surface area contributed by atoms with Crippen molar-refractivity contribution >= 4 is 46.2 Å². The molecule has 3 rings (SSSR count). The van der Waals surface area contributed by atoms with Crippen LogP contribution < -0.4 is 0 Å². The number of hydrogen-bond donors (Lipinski definition) is 1. The largest absolute Gasteiger partial charge is 0.478 e. The Balaban J connectivity index is 2.27. The Morgan fingerprint density at radius 1 is 1.32 bits per heavy atom. The quantitative estimate of drug-likeness (QED) is 0.786. The normalized spacial score (nSPS) is 11.1. The summed E-state index contributed by atoms with van der Waals surface area (Å²) in [6.45, 7) is 0. The zero-order valence-corrected chi connectivity index (χ0v) is 11.5. The molecule has 0 aliphatic carbocycles. The van der Waals surface area contributed by atoms with Crippen molar-refractivity contribution in [3.05, 3.63) is 38.6 Å². The Labute approximate surface area is 121 Å². The highest BCUT2D eigenvalue weighted by Crippen LogP contribution is 2.37. The molecule has 3 heterocycles. The van der Waals surface area contributed by atoms with Crippen LogP contribution in [0, 0.1) is 0 Å². The number of pyridine rings is 1. The minimum absolute atomic E-state index is 0.144. The maximum atomic E-state index is 11.0. The summed E-state index contributed by atoms with van der Waals surface area (Å²) in [5, 5.41) is 17.0. The molecule has 3 aromatic heterocycles. The molecule has 0 aliphatic rings. The van der Waals surface area contributed by atoms with Crippen molar-refractivity contribution in [1.82, 2.24) is 14.6 Å². The summed E-state index contributed by atoms with van der Waals surface area (Å²) in [6.07, 6.45) is 1.45. The summed E-state index contributed by atoms with van der Waals surface area (Å²) < 4.78 is 2.60. The van der Waals surface area contributed by atoms with E-state index in [2.05, 4.69) is 10.2 Å². The zero-order valence-electron chi connectivity index (χ0n) is 9.17. The molecule has 96 valence electrons. The van der Waals surface area contributed by atoms with E-state index in [0.717, 1.165) is 0 Å². The molecule has 0 radical (unpaired) electrons. The molecule has 3 aromatic rings. The van der Waals surface area contributed by atoms with Crippen LogP contribution in [-0.2, 0) is 0 Å². The predicted octanol–water partition coefficient (Wildman–Crippen LogP) is 3.46. The second-order valence-electron chi connectivity index (χ2n) is 3.71. The van der Waals surface area contributed by atoms with Crippen molar-refractivity contribution in [3.8, 4) is 11.4 Å². The second kappa shape index (κ2) is 4.48. The number of fused-ring (bicyclic) bond motifs is 1. The van der Waals surface area contributed by atoms with E-state index in [9.17, 15) is 4.79 Å². The van der Waals surface area contributed by atoms with Gasteiger partial charge in [-0.25, -0.2) is 4.79 Å². The Morgan fingerprint density at radius 2 is 2.11 bits per heavy atom. The van der Waals surface area contributed by atoms with Gasteiger partial charge in [-0.1, -0.05) is 23.2 Å². The van der Waals surface area contributed by atoms with E-state index in [1.165, 1.54) is 23.6 Å². The number of halogens is 2. The first-order valence-corrected chi connectivity index (χ1v) is 6.67. The molecule has 0 spiro atoms. The zero-order chi connectivity index (χ0) is 13.6. The lowest BCUT2D eigenvalue weighted by Crippen LogP contribution is -1.99. The first-order valence-electron chi connectivity index (χ1n) is 5.09. The Kier molecular flexibility index (Phi) is 2.93. The predicted molar refractivity (Wildman–Crippen MR) is 73.3 cm³/mol. The summed E-state index contributed by atoms with van der Waals surface area (Å²) in [4.78, 5) is 11.0. The van der Waals surface area contributed by atoms with Crippen molar-refractivity contribution in [1.29, 1.82) is 0 Å². The molecule has 0 aliphatic heterocycles. The smallest absolute Gasteiger partial charge is 0.337 e. The van der Waals surface area contributed by atoms with Crippen LogP contribution in [0.4, 0.5) is 0 Å². The van der Waals surface area contributed by atoms with Gasteiger partial charge in [-0.05, 0) is 18.2 Å².